The van der Waals surface area contributed by atoms with Gasteiger partial charge in [-0.3, -0.25) is 5.48 Å². The van der Waals surface area contributed by atoms with Gasteiger partial charge in [0.2, 0.25) is 0 Å². The summed E-state index contributed by atoms with van der Waals surface area (Å²) in [7, 11) is 1.16. The van der Waals surface area contributed by atoms with E-state index in [1.807, 2.05) is 6.07 Å². The van der Waals surface area contributed by atoms with Gasteiger partial charge >= 0.3 is 11.8 Å². The van der Waals surface area contributed by atoms with Crippen LogP contribution in [0.15, 0.2) is 47.1 Å². The summed E-state index contributed by atoms with van der Waals surface area (Å²) < 4.78 is 9.94. The lowest BCUT2D eigenvalue weighted by Gasteiger charge is -2.20. The zero-order chi connectivity index (χ0) is 15.7. The maximum absolute atomic E-state index is 12.0. The highest BCUT2D eigenvalue weighted by Crippen LogP contribution is 2.41. The third-order valence-electron chi connectivity index (χ3n) is 3.26. The molecule has 0 spiro atoms. The van der Waals surface area contributed by atoms with Crippen molar-refractivity contribution in [1.29, 1.82) is 0 Å². The van der Waals surface area contributed by atoms with Crippen LogP contribution in [0, 0.1) is 0 Å². The van der Waals surface area contributed by atoms with Gasteiger partial charge in [0.15, 0.2) is 5.76 Å². The minimum atomic E-state index is -2.30. The van der Waals surface area contributed by atoms with Gasteiger partial charge in [0.05, 0.1) is 24.0 Å². The van der Waals surface area contributed by atoms with E-state index in [0.717, 1.165) is 7.11 Å². The largest absolute Gasteiger partial charge is 0.465 e. The fourth-order valence-corrected chi connectivity index (χ4v) is 2.45. The van der Waals surface area contributed by atoms with Gasteiger partial charge in [0, 0.05) is 0 Å². The number of nitrogens with one attached hydrogen (secondary N) is 1. The molecule has 0 radical (unpaired) electrons. The molecule has 0 saturated carbocycles. The molecule has 114 valence electrons. The Morgan fingerprint density at radius 3 is 2.64 bits per heavy atom. The first-order valence-corrected chi connectivity index (χ1v) is 6.74. The highest BCUT2D eigenvalue weighted by Gasteiger charge is 2.51. The van der Waals surface area contributed by atoms with Gasteiger partial charge in [-0.1, -0.05) is 41.9 Å². The molecule has 1 aliphatic rings. The molecule has 6 nitrogen and oxygen atoms in total. The summed E-state index contributed by atoms with van der Waals surface area (Å²) in [6.45, 7) is 0. The van der Waals surface area contributed by atoms with Crippen LogP contribution in [-0.2, 0) is 14.4 Å². The second-order valence-corrected chi connectivity index (χ2v) is 4.96. The second kappa shape index (κ2) is 5.49. The molecule has 2 N–H and O–H groups in total. The topological polar surface area (TPSA) is 80.9 Å². The number of aliphatic hydroxyl groups is 1. The van der Waals surface area contributed by atoms with E-state index in [-0.39, 0.29) is 17.0 Å². The van der Waals surface area contributed by atoms with Crippen molar-refractivity contribution < 1.29 is 23.9 Å². The van der Waals surface area contributed by atoms with Crippen molar-refractivity contribution in [2.45, 2.75) is 5.79 Å². The maximum Gasteiger partial charge on any atom is 0.373 e. The fraction of sp³-hybridized carbons (Fsp3) is 0.133. The Labute approximate surface area is 130 Å². The fourth-order valence-electron chi connectivity index (χ4n) is 2.26. The molecule has 2 aromatic rings. The number of halogens is 1. The summed E-state index contributed by atoms with van der Waals surface area (Å²) in [4.78, 5) is 17.1. The van der Waals surface area contributed by atoms with Gasteiger partial charge in [-0.15, -0.1) is 0 Å². The van der Waals surface area contributed by atoms with Gasteiger partial charge < -0.3 is 14.3 Å². The minimum absolute atomic E-state index is 0.164. The number of esters is 1. The molecule has 0 amide bonds. The van der Waals surface area contributed by atoms with Gasteiger partial charge in [-0.25, -0.2) is 9.63 Å². The molecule has 1 atom stereocenters. The monoisotopic (exact) mass is 321 g/mol. The van der Waals surface area contributed by atoms with Crippen molar-refractivity contribution in [3.8, 4) is 0 Å². The van der Waals surface area contributed by atoms with E-state index in [2.05, 4.69) is 10.2 Å². The van der Waals surface area contributed by atoms with Crippen molar-refractivity contribution >= 4 is 28.8 Å². The summed E-state index contributed by atoms with van der Waals surface area (Å²) in [5.74, 6) is -3.02. The summed E-state index contributed by atoms with van der Waals surface area (Å²) in [6.07, 6.45) is 1.39. The van der Waals surface area contributed by atoms with E-state index in [0.29, 0.717) is 10.6 Å². The van der Waals surface area contributed by atoms with Crippen LogP contribution in [-0.4, -0.2) is 24.0 Å². The molecule has 7 heteroatoms. The van der Waals surface area contributed by atoms with Crippen LogP contribution >= 0.6 is 11.6 Å². The van der Waals surface area contributed by atoms with Gasteiger partial charge in [-0.2, -0.15) is 0 Å². The van der Waals surface area contributed by atoms with Crippen LogP contribution in [0.4, 0.5) is 0 Å². The second-order valence-electron chi connectivity index (χ2n) is 4.55. The van der Waals surface area contributed by atoms with Crippen molar-refractivity contribution in [2.24, 2.45) is 0 Å². The quantitative estimate of drug-likeness (QED) is 0.844. The number of benzene rings is 1. The number of ether oxygens (including phenoxy) is 1. The Balaban J connectivity index is 2.24. The Kier molecular flexibility index (Phi) is 3.66. The van der Waals surface area contributed by atoms with Crippen molar-refractivity contribution in [2.75, 3.05) is 7.11 Å². The number of hydrogen-bond acceptors (Lipinski definition) is 6. The summed E-state index contributed by atoms with van der Waals surface area (Å²) in [6, 6.07) is 10.3. The van der Waals surface area contributed by atoms with Gasteiger partial charge in [0.1, 0.15) is 5.70 Å². The molecule has 22 heavy (non-hydrogen) atoms. The molecule has 0 aliphatic carbocycles. The molecule has 1 aliphatic heterocycles. The smallest absolute Gasteiger partial charge is 0.373 e. The zero-order valence-electron chi connectivity index (χ0n) is 11.5. The summed E-state index contributed by atoms with van der Waals surface area (Å²) >= 11 is 6.06. The molecular formula is C15H12ClNO5. The molecular weight excluding hydrogens is 310 g/mol. The number of rotatable bonds is 3. The average molecular weight is 322 g/mol. The van der Waals surface area contributed by atoms with E-state index < -0.39 is 11.8 Å². The number of carbonyl (C=O) groups is 1. The van der Waals surface area contributed by atoms with Crippen LogP contribution in [0.1, 0.15) is 11.3 Å². The van der Waals surface area contributed by atoms with E-state index >= 15 is 0 Å². The molecule has 3 rings (SSSR count). The van der Waals surface area contributed by atoms with Crippen LogP contribution in [0.5, 0.6) is 0 Å². The van der Waals surface area contributed by atoms with E-state index in [1.54, 1.807) is 30.3 Å². The minimum Gasteiger partial charge on any atom is -0.465 e. The first-order valence-electron chi connectivity index (χ1n) is 6.36. The van der Waals surface area contributed by atoms with Gasteiger partial charge in [0.25, 0.3) is 0 Å². The normalized spacial score (nSPS) is 20.9. The number of hydrogen-bond donors (Lipinski definition) is 2. The molecule has 1 unspecified atom stereocenters. The van der Waals surface area contributed by atoms with Gasteiger partial charge in [-0.05, 0) is 11.6 Å². The Morgan fingerprint density at radius 1 is 1.32 bits per heavy atom. The van der Waals surface area contributed by atoms with Crippen LogP contribution in [0.2, 0.25) is 5.02 Å². The third-order valence-corrected chi connectivity index (χ3v) is 3.56. The van der Waals surface area contributed by atoms with Crippen LogP contribution < -0.4 is 5.48 Å². The molecule has 0 bridgehead atoms. The zero-order valence-corrected chi connectivity index (χ0v) is 12.3. The number of furan rings is 1. The van der Waals surface area contributed by atoms with Crippen LogP contribution in [0.3, 0.4) is 0 Å². The number of methoxy groups -OCH3 is 1. The first kappa shape index (κ1) is 14.6. The molecule has 2 heterocycles. The standard InChI is InChI=1S/C15H12ClNO5/c1-20-14(18)15(19)11(9-5-3-2-4-6-9)12(17-22-15)13-10(16)7-8-21-13/h2-8,17,19H,1H3. The number of carbonyl (C=O) groups excluding carboxylic acids is 1. The predicted octanol–water partition coefficient (Wildman–Crippen LogP) is 2.20. The van der Waals surface area contributed by atoms with Crippen molar-refractivity contribution in [3.05, 3.63) is 59.0 Å². The lowest BCUT2D eigenvalue weighted by molar-refractivity contribution is -0.209. The first-order chi connectivity index (χ1) is 10.6. The van der Waals surface area contributed by atoms with E-state index in [4.69, 9.17) is 20.9 Å². The maximum atomic E-state index is 12.0. The van der Waals surface area contributed by atoms with Crippen molar-refractivity contribution in [3.63, 3.8) is 0 Å². The highest BCUT2D eigenvalue weighted by atomic mass is 35.5. The molecule has 0 saturated heterocycles. The SMILES string of the molecule is COC(=O)C1(O)ONC(c2occc2Cl)=C1c1ccccc1. The summed E-state index contributed by atoms with van der Waals surface area (Å²) in [5.41, 5.74) is 3.49. The summed E-state index contributed by atoms with van der Waals surface area (Å²) in [5, 5.41) is 10.9. The molecule has 1 aromatic heterocycles. The molecule has 1 aromatic carbocycles. The van der Waals surface area contributed by atoms with E-state index in [1.165, 1.54) is 6.26 Å². The average Bonchev–Trinajstić information content (AvgIpc) is 3.11. The van der Waals surface area contributed by atoms with Crippen molar-refractivity contribution in [1.82, 2.24) is 5.48 Å². The lowest BCUT2D eigenvalue weighted by atomic mass is 9.95. The predicted molar refractivity (Wildman–Crippen MR) is 78.2 cm³/mol. The Hall–Kier alpha value is -2.28. The highest BCUT2D eigenvalue weighted by molar-refractivity contribution is 6.32. The molecule has 0 fully saturated rings. The third kappa shape index (κ3) is 2.18. The van der Waals surface area contributed by atoms with E-state index in [9.17, 15) is 9.90 Å². The Bertz CT molecular complexity index is 739. The number of hydroxylamine groups is 1. The van der Waals surface area contributed by atoms with Crippen LogP contribution in [0.25, 0.3) is 11.3 Å². The Morgan fingerprint density at radius 2 is 2.05 bits per heavy atom. The lowest BCUT2D eigenvalue weighted by Crippen LogP contribution is -2.42.